The van der Waals surface area contributed by atoms with Crippen molar-refractivity contribution in [2.24, 2.45) is 0 Å². The fourth-order valence-electron chi connectivity index (χ4n) is 5.06. The van der Waals surface area contributed by atoms with Crippen LogP contribution in [0.1, 0.15) is 49.2 Å². The number of hydrogen-bond donors (Lipinski definition) is 2. The summed E-state index contributed by atoms with van der Waals surface area (Å²) in [6.07, 6.45) is 2.04. The summed E-state index contributed by atoms with van der Waals surface area (Å²) >= 11 is 0. The van der Waals surface area contributed by atoms with Gasteiger partial charge in [-0.25, -0.2) is 9.78 Å². The molecule has 1 aromatic heterocycles. The molecule has 1 atom stereocenters. The van der Waals surface area contributed by atoms with Crippen LogP contribution in [0.2, 0.25) is 0 Å². The zero-order valence-corrected chi connectivity index (χ0v) is 25.0. The molecular formula is C30H40N6O7. The molecule has 2 aromatic rings. The van der Waals surface area contributed by atoms with E-state index in [1.165, 1.54) is 13.0 Å². The van der Waals surface area contributed by atoms with Gasteiger partial charge >= 0.3 is 6.09 Å². The third kappa shape index (κ3) is 8.55. The van der Waals surface area contributed by atoms with E-state index in [0.29, 0.717) is 68.9 Å². The minimum absolute atomic E-state index is 0.0555. The van der Waals surface area contributed by atoms with Crippen LogP contribution in [0, 0.1) is 6.92 Å². The number of ether oxygens (including phenoxy) is 2. The van der Waals surface area contributed by atoms with E-state index >= 15 is 0 Å². The molecule has 2 saturated heterocycles. The number of carbonyl (C=O) groups is 5. The maximum Gasteiger partial charge on any atom is 0.409 e. The largest absolute Gasteiger partial charge is 0.483 e. The average molecular weight is 597 g/mol. The fraction of sp³-hybridized carbons (Fsp3) is 0.533. The van der Waals surface area contributed by atoms with Crippen molar-refractivity contribution in [3.8, 4) is 5.75 Å². The number of nitrogens with zero attached hydrogens (tertiary/aromatic N) is 4. The van der Waals surface area contributed by atoms with Gasteiger partial charge in [0.1, 0.15) is 11.4 Å². The molecule has 5 amide bonds. The molecule has 0 radical (unpaired) electrons. The average Bonchev–Trinajstić information content (AvgIpc) is 3.46. The van der Waals surface area contributed by atoms with Gasteiger partial charge in [0.05, 0.1) is 18.7 Å². The van der Waals surface area contributed by atoms with E-state index in [0.717, 1.165) is 18.4 Å². The van der Waals surface area contributed by atoms with Crippen molar-refractivity contribution in [2.45, 2.75) is 46.1 Å². The zero-order valence-electron chi connectivity index (χ0n) is 25.0. The van der Waals surface area contributed by atoms with Crippen molar-refractivity contribution in [3.63, 3.8) is 0 Å². The first-order chi connectivity index (χ1) is 20.6. The van der Waals surface area contributed by atoms with E-state index in [2.05, 4.69) is 15.6 Å². The number of pyridine rings is 1. The van der Waals surface area contributed by atoms with Crippen LogP contribution in [0.5, 0.6) is 5.75 Å². The Morgan fingerprint density at radius 3 is 2.44 bits per heavy atom. The number of hydrogen-bond acceptors (Lipinski definition) is 8. The lowest BCUT2D eigenvalue weighted by atomic mass is 10.1. The number of rotatable bonds is 10. The lowest BCUT2D eigenvalue weighted by molar-refractivity contribution is -0.132. The molecule has 0 aliphatic carbocycles. The van der Waals surface area contributed by atoms with Crippen LogP contribution in [0.15, 0.2) is 24.3 Å². The van der Waals surface area contributed by atoms with Crippen molar-refractivity contribution in [3.05, 3.63) is 35.5 Å². The first-order valence-electron chi connectivity index (χ1n) is 14.7. The molecular weight excluding hydrogens is 556 g/mol. The highest BCUT2D eigenvalue weighted by molar-refractivity contribution is 5.98. The Morgan fingerprint density at radius 1 is 0.977 bits per heavy atom. The number of aromatic nitrogens is 1. The molecule has 1 aromatic carbocycles. The number of aryl methyl sites for hydroxylation is 1. The summed E-state index contributed by atoms with van der Waals surface area (Å²) < 4.78 is 11.1. The fourth-order valence-corrected chi connectivity index (χ4v) is 5.06. The quantitative estimate of drug-likeness (QED) is 0.392. The molecule has 2 N–H and O–H groups in total. The smallest absolute Gasteiger partial charge is 0.409 e. The maximum absolute atomic E-state index is 13.1. The van der Waals surface area contributed by atoms with E-state index in [-0.39, 0.29) is 48.7 Å². The number of nitrogens with one attached hydrogen (secondary N) is 2. The van der Waals surface area contributed by atoms with Gasteiger partial charge in [0.25, 0.3) is 11.8 Å². The first-order valence-corrected chi connectivity index (χ1v) is 14.7. The highest BCUT2D eigenvalue weighted by Gasteiger charge is 2.28. The van der Waals surface area contributed by atoms with Gasteiger partial charge in [-0.1, -0.05) is 19.4 Å². The Balaban J connectivity index is 1.34. The van der Waals surface area contributed by atoms with Crippen LogP contribution in [-0.4, -0.2) is 114 Å². The van der Waals surface area contributed by atoms with E-state index in [9.17, 15) is 24.0 Å². The van der Waals surface area contributed by atoms with E-state index < -0.39 is 5.91 Å². The van der Waals surface area contributed by atoms with E-state index in [1.807, 2.05) is 32.0 Å². The predicted octanol–water partition coefficient (Wildman–Crippen LogP) is 1.47. The van der Waals surface area contributed by atoms with Crippen LogP contribution in [0.3, 0.4) is 0 Å². The lowest BCUT2D eigenvalue weighted by Crippen LogP contribution is -2.52. The Morgan fingerprint density at radius 2 is 1.72 bits per heavy atom. The summed E-state index contributed by atoms with van der Waals surface area (Å²) in [5.74, 6) is -0.854. The van der Waals surface area contributed by atoms with Crippen molar-refractivity contribution < 1.29 is 33.4 Å². The number of carbonyl (C=O) groups excluding carboxylic acids is 5. The topological polar surface area (TPSA) is 150 Å². The minimum atomic E-state index is -0.552. The van der Waals surface area contributed by atoms with Gasteiger partial charge in [-0.2, -0.15) is 0 Å². The van der Waals surface area contributed by atoms with Gasteiger partial charge in [0.2, 0.25) is 11.8 Å². The first kappa shape index (κ1) is 31.5. The zero-order chi connectivity index (χ0) is 30.9. The maximum atomic E-state index is 13.1. The Labute approximate surface area is 250 Å². The second-order valence-electron chi connectivity index (χ2n) is 10.9. The molecule has 4 rings (SSSR count). The summed E-state index contributed by atoms with van der Waals surface area (Å²) in [6.45, 7) is 7.63. The summed E-state index contributed by atoms with van der Waals surface area (Å²) in [6, 6.07) is 6.92. The summed E-state index contributed by atoms with van der Waals surface area (Å²) in [5, 5.41) is 6.12. The standard InChI is InChI=1S/C30H40N6O7/c1-4-5-14-42-30(41)35-12-10-34(11-13-35)27(38)17-31-29(40)25-16-26(23-7-6-20(2)15-24(23)33-25)43-19-28(39)36-9-8-22(18-36)32-21(3)37/h6-7,15-16,22H,4-5,8-14,17-19H2,1-3H3,(H,31,40)(H,32,37)/t22-/m1/s1. The molecule has 3 heterocycles. The van der Waals surface area contributed by atoms with Crippen molar-refractivity contribution in [1.29, 1.82) is 0 Å². The normalized spacial score (nSPS) is 16.6. The van der Waals surface area contributed by atoms with Gasteiger partial charge in [-0.05, 0) is 37.5 Å². The number of amides is 5. The van der Waals surface area contributed by atoms with Crippen LogP contribution in [0.4, 0.5) is 4.79 Å². The lowest BCUT2D eigenvalue weighted by Gasteiger charge is -2.34. The summed E-state index contributed by atoms with van der Waals surface area (Å²) in [4.78, 5) is 71.5. The van der Waals surface area contributed by atoms with Crippen LogP contribution >= 0.6 is 0 Å². The molecule has 0 unspecified atom stereocenters. The van der Waals surface area contributed by atoms with Gasteiger partial charge in [-0.3, -0.25) is 19.2 Å². The minimum Gasteiger partial charge on any atom is -0.483 e. The van der Waals surface area contributed by atoms with Crippen LogP contribution < -0.4 is 15.4 Å². The molecule has 0 bridgehead atoms. The van der Waals surface area contributed by atoms with Crippen LogP contribution in [0.25, 0.3) is 10.9 Å². The summed E-state index contributed by atoms with van der Waals surface area (Å²) in [7, 11) is 0. The molecule has 0 saturated carbocycles. The van der Waals surface area contributed by atoms with Gasteiger partial charge in [0.15, 0.2) is 6.61 Å². The van der Waals surface area contributed by atoms with E-state index in [1.54, 1.807) is 14.7 Å². The van der Waals surface area contributed by atoms with Gasteiger partial charge in [0, 0.05) is 63.7 Å². The number of unbranched alkanes of at least 4 members (excludes halogenated alkanes) is 1. The molecule has 2 fully saturated rings. The summed E-state index contributed by atoms with van der Waals surface area (Å²) in [5.41, 5.74) is 1.51. The molecule has 43 heavy (non-hydrogen) atoms. The van der Waals surface area contributed by atoms with Crippen molar-refractivity contribution in [2.75, 3.05) is 59.0 Å². The third-order valence-corrected chi connectivity index (χ3v) is 7.47. The Hall–Kier alpha value is -4.42. The second-order valence-corrected chi connectivity index (χ2v) is 10.9. The Kier molecular flexibility index (Phi) is 10.7. The Bertz CT molecular complexity index is 1360. The molecule has 13 heteroatoms. The SMILES string of the molecule is CCCCOC(=O)N1CCN(C(=O)CNC(=O)c2cc(OCC(=O)N3CC[C@@H](NC(C)=O)C3)c3ccc(C)cc3n2)CC1. The molecule has 13 nitrogen and oxygen atoms in total. The molecule has 0 spiro atoms. The van der Waals surface area contributed by atoms with Gasteiger partial charge in [-0.15, -0.1) is 0 Å². The van der Waals surface area contributed by atoms with Gasteiger partial charge < -0.3 is 34.8 Å². The number of fused-ring (bicyclic) bond motifs is 1. The monoisotopic (exact) mass is 596 g/mol. The predicted molar refractivity (Wildman–Crippen MR) is 158 cm³/mol. The number of benzene rings is 1. The molecule has 2 aliphatic rings. The third-order valence-electron chi connectivity index (χ3n) is 7.47. The second kappa shape index (κ2) is 14.7. The highest BCUT2D eigenvalue weighted by atomic mass is 16.6. The number of likely N-dealkylation sites (tertiary alicyclic amines) is 1. The van der Waals surface area contributed by atoms with Crippen LogP contribution in [-0.2, 0) is 19.1 Å². The number of piperazine rings is 1. The molecule has 2 aliphatic heterocycles. The van der Waals surface area contributed by atoms with E-state index in [4.69, 9.17) is 9.47 Å². The highest BCUT2D eigenvalue weighted by Crippen LogP contribution is 2.27. The van der Waals surface area contributed by atoms with Crippen molar-refractivity contribution in [1.82, 2.24) is 30.3 Å². The van der Waals surface area contributed by atoms with Crippen molar-refractivity contribution >= 4 is 40.6 Å². The molecule has 232 valence electrons.